The molecule has 0 aliphatic carbocycles. The zero-order chi connectivity index (χ0) is 23.9. The van der Waals surface area contributed by atoms with E-state index in [-0.39, 0.29) is 55.6 Å². The number of esters is 1. The molecule has 1 saturated heterocycles. The van der Waals surface area contributed by atoms with Gasteiger partial charge in [-0.1, -0.05) is 0 Å². The van der Waals surface area contributed by atoms with Crippen molar-refractivity contribution in [3.05, 3.63) is 35.2 Å². The van der Waals surface area contributed by atoms with E-state index in [0.717, 1.165) is 24.8 Å². The Labute approximate surface area is 197 Å². The highest BCUT2D eigenvalue weighted by atomic mass is 16.7. The summed E-state index contributed by atoms with van der Waals surface area (Å²) < 4.78 is 22.1. The highest BCUT2D eigenvalue weighted by Gasteiger charge is 2.34. The molecule has 2 N–H and O–H groups in total. The summed E-state index contributed by atoms with van der Waals surface area (Å²) in [7, 11) is 0. The topological polar surface area (TPSA) is 127 Å². The van der Waals surface area contributed by atoms with Gasteiger partial charge in [-0.25, -0.2) is 14.8 Å². The number of aromatic nitrogens is 1. The Kier molecular flexibility index (Phi) is 7.94. The normalized spacial score (nSPS) is 18.5. The van der Waals surface area contributed by atoms with Gasteiger partial charge in [0.2, 0.25) is 5.88 Å². The summed E-state index contributed by atoms with van der Waals surface area (Å²) in [6, 6.07) is 3.61. The molecule has 10 nitrogen and oxygen atoms in total. The number of allylic oxidation sites excluding steroid dienone is 1. The molecule has 0 amide bonds. The molecule has 0 bridgehead atoms. The van der Waals surface area contributed by atoms with E-state index >= 15 is 0 Å². The van der Waals surface area contributed by atoms with Gasteiger partial charge in [0.15, 0.2) is 22.9 Å². The minimum atomic E-state index is -0.651. The predicted octanol–water partition coefficient (Wildman–Crippen LogP) is 3.16. The van der Waals surface area contributed by atoms with Crippen LogP contribution in [0.15, 0.2) is 27.7 Å². The first kappa shape index (κ1) is 23.9. The van der Waals surface area contributed by atoms with Crippen LogP contribution in [0, 0.1) is 0 Å². The van der Waals surface area contributed by atoms with Crippen molar-refractivity contribution >= 4 is 35.5 Å². The van der Waals surface area contributed by atoms with Crippen LogP contribution in [0.2, 0.25) is 0 Å². The van der Waals surface area contributed by atoms with Crippen LogP contribution < -0.4 is 4.90 Å². The average molecular weight is 472 g/mol. The molecule has 34 heavy (non-hydrogen) atoms. The third-order valence-electron chi connectivity index (χ3n) is 5.68. The van der Waals surface area contributed by atoms with Crippen LogP contribution >= 0.6 is 0 Å². The van der Waals surface area contributed by atoms with Crippen molar-refractivity contribution in [2.75, 3.05) is 44.7 Å². The number of hydrogen-bond donors (Lipinski definition) is 2. The van der Waals surface area contributed by atoms with Crippen molar-refractivity contribution in [3.63, 3.8) is 0 Å². The first-order valence-electron chi connectivity index (χ1n) is 11.4. The maximum atomic E-state index is 12.8. The summed E-state index contributed by atoms with van der Waals surface area (Å²) in [6.45, 7) is 3.04. The molecular weight excluding hydrogens is 442 g/mol. The number of rotatable bonds is 10. The maximum absolute atomic E-state index is 12.8. The number of furan rings is 1. The second-order valence-electron chi connectivity index (χ2n) is 7.91. The van der Waals surface area contributed by atoms with Crippen molar-refractivity contribution in [2.24, 2.45) is 4.99 Å². The molecule has 4 heterocycles. The van der Waals surface area contributed by atoms with Crippen molar-refractivity contribution in [1.29, 1.82) is 0 Å². The monoisotopic (exact) mass is 471 g/mol. The predicted molar refractivity (Wildman–Crippen MR) is 125 cm³/mol. The van der Waals surface area contributed by atoms with E-state index in [0.29, 0.717) is 24.5 Å². The molecule has 0 radical (unpaired) electrons. The molecule has 1 fully saturated rings. The molecule has 1 atom stereocenters. The van der Waals surface area contributed by atoms with Gasteiger partial charge in [-0.3, -0.25) is 0 Å². The van der Waals surface area contributed by atoms with Crippen LogP contribution in [0.4, 0.5) is 11.7 Å². The molecule has 0 spiro atoms. The molecule has 2 aromatic rings. The molecule has 2 aliphatic heterocycles. The number of aliphatic hydroxyl groups is 1. The van der Waals surface area contributed by atoms with Crippen molar-refractivity contribution < 1.29 is 33.6 Å². The Bertz CT molecular complexity index is 1060. The molecule has 1 unspecified atom stereocenters. The Hall–Kier alpha value is -3.21. The Morgan fingerprint density at radius 3 is 3.06 bits per heavy atom. The Morgan fingerprint density at radius 1 is 1.35 bits per heavy atom. The van der Waals surface area contributed by atoms with Gasteiger partial charge < -0.3 is 33.7 Å². The van der Waals surface area contributed by atoms with Gasteiger partial charge in [0, 0.05) is 30.1 Å². The summed E-state index contributed by atoms with van der Waals surface area (Å²) >= 11 is 0. The van der Waals surface area contributed by atoms with Crippen LogP contribution in [0.3, 0.4) is 0 Å². The molecule has 2 aliphatic rings. The maximum Gasteiger partial charge on any atom is 0.347 e. The van der Waals surface area contributed by atoms with E-state index in [9.17, 15) is 9.90 Å². The molecule has 4 rings (SSSR count). The molecule has 182 valence electrons. The number of aliphatic imine (C=N–C) groups is 1. The lowest BCUT2D eigenvalue weighted by Crippen LogP contribution is -2.43. The average Bonchev–Trinajstić information content (AvgIpc) is 3.40. The Balaban J connectivity index is 1.65. The van der Waals surface area contributed by atoms with Gasteiger partial charge in [-0.05, 0) is 44.4 Å². The number of hydrogen-bond acceptors (Lipinski definition) is 10. The number of carbonyl (C=O) groups is 1. The summed E-state index contributed by atoms with van der Waals surface area (Å²) in [5, 5.41) is 19.8. The molecule has 0 saturated carbocycles. The third kappa shape index (κ3) is 5.14. The first-order valence-corrected chi connectivity index (χ1v) is 11.4. The van der Waals surface area contributed by atoms with Crippen LogP contribution in [-0.4, -0.2) is 73.2 Å². The van der Waals surface area contributed by atoms with Crippen molar-refractivity contribution in [2.45, 2.75) is 32.2 Å². The van der Waals surface area contributed by atoms with E-state index in [2.05, 4.69) is 9.98 Å². The third-order valence-corrected chi connectivity index (χ3v) is 5.68. The number of ether oxygens (including phenoxy) is 3. The fourth-order valence-corrected chi connectivity index (χ4v) is 4.10. The lowest BCUT2D eigenvalue weighted by atomic mass is 10.0. The highest BCUT2D eigenvalue weighted by molar-refractivity contribution is 6.21. The molecule has 0 aromatic carbocycles. The summed E-state index contributed by atoms with van der Waals surface area (Å²) in [4.78, 5) is 23.3. The fourth-order valence-electron chi connectivity index (χ4n) is 4.10. The minimum Gasteiger partial charge on any atom is -0.504 e. The molecular formula is C24H29N3O7. The fraction of sp³-hybridized carbons (Fsp3) is 0.458. The van der Waals surface area contributed by atoms with Gasteiger partial charge >= 0.3 is 5.97 Å². The van der Waals surface area contributed by atoms with E-state index < -0.39 is 5.97 Å². The van der Waals surface area contributed by atoms with Crippen molar-refractivity contribution in [3.8, 4) is 5.75 Å². The van der Waals surface area contributed by atoms with Crippen LogP contribution in [-0.2, 0) is 14.2 Å². The number of pyridine rings is 1. The van der Waals surface area contributed by atoms with Gasteiger partial charge in [-0.15, -0.1) is 0 Å². The number of fused-ring (bicyclic) bond motifs is 1. The largest absolute Gasteiger partial charge is 0.504 e. The number of nitrogens with zero attached hydrogens (tertiary/aromatic N) is 3. The Morgan fingerprint density at radius 2 is 2.24 bits per heavy atom. The summed E-state index contributed by atoms with van der Waals surface area (Å²) in [5.74, 6) is 0.0639. The van der Waals surface area contributed by atoms with Gasteiger partial charge in [0.1, 0.15) is 6.79 Å². The van der Waals surface area contributed by atoms with E-state index in [1.165, 1.54) is 0 Å². The lowest BCUT2D eigenvalue weighted by molar-refractivity contribution is -0.0672. The second kappa shape index (κ2) is 11.3. The van der Waals surface area contributed by atoms with Gasteiger partial charge in [0.25, 0.3) is 0 Å². The second-order valence-corrected chi connectivity index (χ2v) is 7.91. The van der Waals surface area contributed by atoms with Gasteiger partial charge in [-0.2, -0.15) is 0 Å². The highest BCUT2D eigenvalue weighted by Crippen LogP contribution is 2.41. The lowest BCUT2D eigenvalue weighted by Gasteiger charge is -2.35. The summed E-state index contributed by atoms with van der Waals surface area (Å²) in [5.41, 5.74) is 1.52. The standard InChI is InChI=1S/C24H29N3O7/c1-2-33-24(30)20-21(29)19(12-16-13-26-22-18(16)7-5-8-25-22)34-23(20)27-9-4-3-6-17(27)14-32-15-31-11-10-28/h5,7-8,12-13,17,28-29H,2-4,6,9-11,14-15H2,1H3. The van der Waals surface area contributed by atoms with E-state index in [4.69, 9.17) is 23.7 Å². The number of anilines is 1. The van der Waals surface area contributed by atoms with Gasteiger partial charge in [0.05, 0.1) is 32.5 Å². The zero-order valence-electron chi connectivity index (χ0n) is 19.1. The van der Waals surface area contributed by atoms with E-state index in [1.54, 1.807) is 31.5 Å². The number of carbonyl (C=O) groups excluding carboxylic acids is 1. The molecule has 2 aromatic heterocycles. The SMILES string of the molecule is CCOC(=O)c1c(N2CCCCC2COCOCCO)oc(C=C2C=Nc3ncccc32)c1O. The smallest absolute Gasteiger partial charge is 0.347 e. The van der Waals surface area contributed by atoms with Crippen LogP contribution in [0.25, 0.3) is 11.6 Å². The molecule has 10 heteroatoms. The van der Waals surface area contributed by atoms with Crippen LogP contribution in [0.5, 0.6) is 5.75 Å². The van der Waals surface area contributed by atoms with Crippen molar-refractivity contribution in [1.82, 2.24) is 4.98 Å². The van der Waals surface area contributed by atoms with Crippen LogP contribution in [0.1, 0.15) is 47.9 Å². The minimum absolute atomic E-state index is 0.00141. The summed E-state index contributed by atoms with van der Waals surface area (Å²) in [6.07, 6.45) is 7.69. The quantitative estimate of drug-likeness (QED) is 0.305. The number of aliphatic hydroxyl groups excluding tert-OH is 1. The van der Waals surface area contributed by atoms with E-state index in [1.807, 2.05) is 11.0 Å². The zero-order valence-corrected chi connectivity index (χ0v) is 19.1. The number of piperidine rings is 1. The number of aromatic hydroxyl groups is 1. The first-order chi connectivity index (χ1) is 16.6.